The van der Waals surface area contributed by atoms with E-state index in [2.05, 4.69) is 41.9 Å². The second-order valence-corrected chi connectivity index (χ2v) is 22.6. The molecule has 1 atom stereocenters. The maximum atomic E-state index is 14.0. The number of hydrogen-bond donors (Lipinski definition) is 3. The van der Waals surface area contributed by atoms with Crippen LogP contribution >= 0.6 is 0 Å². The number of unbranched alkanes of at least 4 members (excludes halogenated alkanes) is 42. The lowest BCUT2D eigenvalue weighted by atomic mass is 9.82. The zero-order valence-corrected chi connectivity index (χ0v) is 49.2. The average Bonchev–Trinajstić information content (AvgIpc) is 3.33. The van der Waals surface area contributed by atoms with Crippen LogP contribution < -0.4 is 12.4 Å². The van der Waals surface area contributed by atoms with E-state index in [1.54, 1.807) is 0 Å². The highest BCUT2D eigenvalue weighted by Crippen LogP contribution is 2.28. The van der Waals surface area contributed by atoms with E-state index in [9.17, 15) is 24.6 Å². The van der Waals surface area contributed by atoms with E-state index in [0.717, 1.165) is 68.8 Å². The van der Waals surface area contributed by atoms with Gasteiger partial charge in [-0.2, -0.15) is 0 Å². The van der Waals surface area contributed by atoms with Crippen LogP contribution in [0.5, 0.6) is 0 Å². The van der Waals surface area contributed by atoms with E-state index in [0.29, 0.717) is 19.3 Å². The molecule has 0 aromatic rings. The van der Waals surface area contributed by atoms with Crippen molar-refractivity contribution in [2.45, 2.75) is 341 Å². The number of quaternary nitrogens is 1. The molecule has 0 spiro atoms. The van der Waals surface area contributed by atoms with Crippen LogP contribution in [0.25, 0.3) is 0 Å². The molecule has 0 rings (SSSR count). The first-order chi connectivity index (χ1) is 34.0. The summed E-state index contributed by atoms with van der Waals surface area (Å²) >= 11 is 0. The van der Waals surface area contributed by atoms with Gasteiger partial charge in [-0.05, 0) is 19.3 Å². The Labute approximate surface area is 448 Å². The van der Waals surface area contributed by atoms with Gasteiger partial charge >= 0.3 is 5.97 Å². The number of carbonyl (C=O) groups is 3. The number of aliphatic hydroxyl groups excluding tert-OH is 3. The largest absolute Gasteiger partial charge is 1.00 e. The van der Waals surface area contributed by atoms with Gasteiger partial charge in [-0.15, -0.1) is 0 Å². The van der Waals surface area contributed by atoms with Crippen LogP contribution in [-0.4, -0.2) is 89.9 Å². The van der Waals surface area contributed by atoms with Crippen LogP contribution in [0.4, 0.5) is 0 Å². The van der Waals surface area contributed by atoms with Crippen molar-refractivity contribution in [1.82, 2.24) is 0 Å². The lowest BCUT2D eigenvalue weighted by Gasteiger charge is -2.34. The second kappa shape index (κ2) is 56.7. The van der Waals surface area contributed by atoms with Gasteiger partial charge in [0.05, 0.1) is 34.4 Å². The molecule has 0 fully saturated rings. The minimum absolute atomic E-state index is 0. The molecule has 0 aliphatic rings. The topological polar surface area (TPSA) is 121 Å². The number of rotatable bonds is 55. The molecule has 0 heterocycles. The Morgan fingerprint density at radius 2 is 0.592 bits per heavy atom. The normalized spacial score (nSPS) is 12.1. The number of esters is 1. The number of hydrogen-bond acceptors (Lipinski definition) is 7. The molecule has 0 bridgehead atoms. The molecule has 71 heavy (non-hydrogen) atoms. The van der Waals surface area contributed by atoms with Gasteiger partial charge in [-0.1, -0.05) is 290 Å². The van der Waals surface area contributed by atoms with Crippen LogP contribution in [-0.2, 0) is 19.1 Å². The Kier molecular flexibility index (Phi) is 59.2. The average molecular weight is 1030 g/mol. The molecule has 0 aliphatic heterocycles. The molecule has 0 aromatic heterocycles. The Hall–Kier alpha value is -1.06. The van der Waals surface area contributed by atoms with Crippen LogP contribution in [0, 0.1) is 0 Å². The molecule has 8 nitrogen and oxygen atoms in total. The number of halogens is 1. The molecule has 0 amide bonds. The number of Topliss-reactive ketones (excluding diaryl/α,β-unsaturated/α-hetero) is 2. The van der Waals surface area contributed by atoms with Crippen molar-refractivity contribution in [2.24, 2.45) is 0 Å². The minimum Gasteiger partial charge on any atom is -1.00 e. The molecule has 0 aromatic carbocycles. The Morgan fingerprint density at radius 1 is 0.380 bits per heavy atom. The fourth-order valence-corrected chi connectivity index (χ4v) is 9.69. The van der Waals surface area contributed by atoms with Gasteiger partial charge in [-0.3, -0.25) is 14.4 Å². The summed E-state index contributed by atoms with van der Waals surface area (Å²) < 4.78 is 6.68. The summed E-state index contributed by atoms with van der Waals surface area (Å²) in [5.74, 6) is -1.71. The Balaban J connectivity index is -0.00000533. The van der Waals surface area contributed by atoms with E-state index in [-0.39, 0.29) is 38.3 Å². The summed E-state index contributed by atoms with van der Waals surface area (Å²) in [4.78, 5) is 41.3. The van der Waals surface area contributed by atoms with Gasteiger partial charge in [0.25, 0.3) is 5.60 Å². The van der Waals surface area contributed by atoms with Gasteiger partial charge in [0.15, 0.2) is 11.6 Å². The lowest BCUT2D eigenvalue weighted by molar-refractivity contribution is -0.870. The molecule has 1 unspecified atom stereocenters. The van der Waals surface area contributed by atoms with Crippen molar-refractivity contribution >= 4 is 17.5 Å². The highest BCUT2D eigenvalue weighted by molar-refractivity contribution is 6.12. The van der Waals surface area contributed by atoms with Crippen LogP contribution in [0.15, 0.2) is 0 Å². The van der Waals surface area contributed by atoms with Crippen molar-refractivity contribution in [3.05, 3.63) is 0 Å². The molecule has 9 heteroatoms. The number of ether oxygens (including phenoxy) is 1. The first-order valence-electron chi connectivity index (χ1n) is 30.9. The predicted octanol–water partition coefficient (Wildman–Crippen LogP) is 14.2. The predicted molar refractivity (Wildman–Crippen MR) is 301 cm³/mol. The maximum absolute atomic E-state index is 14.0. The smallest absolute Gasteiger partial charge is 0.307 e. The van der Waals surface area contributed by atoms with Gasteiger partial charge in [0.2, 0.25) is 0 Å². The highest BCUT2D eigenvalue weighted by atomic mass is 35.5. The van der Waals surface area contributed by atoms with Gasteiger partial charge in [0.1, 0.15) is 12.6 Å². The lowest BCUT2D eigenvalue weighted by Crippen LogP contribution is -3.00. The quantitative estimate of drug-likeness (QED) is 0.0240. The molecular weight excluding hydrogens is 906 g/mol. The third-order valence-corrected chi connectivity index (χ3v) is 14.5. The molecular formula is C62H124ClNO7. The first-order valence-corrected chi connectivity index (χ1v) is 30.9. The molecule has 0 aliphatic carbocycles. The van der Waals surface area contributed by atoms with Crippen molar-refractivity contribution in [3.63, 3.8) is 0 Å². The summed E-state index contributed by atoms with van der Waals surface area (Å²) in [6.45, 7) is 7.11. The van der Waals surface area contributed by atoms with Gasteiger partial charge in [-0.25, -0.2) is 0 Å². The second-order valence-electron chi connectivity index (χ2n) is 22.6. The first kappa shape index (κ1) is 74.2. The van der Waals surface area contributed by atoms with E-state index >= 15 is 0 Å². The third kappa shape index (κ3) is 49.6. The summed E-state index contributed by atoms with van der Waals surface area (Å²) in [7, 11) is 6.16. The molecule has 0 radical (unpaired) electrons. The Morgan fingerprint density at radius 3 is 0.775 bits per heavy atom. The summed E-state index contributed by atoms with van der Waals surface area (Å²) in [5.41, 5.74) is -2.31. The van der Waals surface area contributed by atoms with Crippen molar-refractivity contribution in [2.75, 3.05) is 40.9 Å². The fraction of sp³-hybridized carbons (Fsp3) is 0.952. The molecule has 0 saturated heterocycles. The van der Waals surface area contributed by atoms with Gasteiger partial charge in [0, 0.05) is 19.3 Å². The Bertz CT molecular complexity index is 1070. The van der Waals surface area contributed by atoms with E-state index < -0.39 is 35.8 Å². The third-order valence-electron chi connectivity index (χ3n) is 14.5. The standard InChI is InChI=1S/C57H110O6.C5H14NO.ClH/c1-4-7-10-13-16-19-22-25-28-31-34-37-40-43-46-49-53(59)57(55(61)52-58,54(60)50-47-44-41-38-35-32-29-26-23-20-17-14-11-8-5-2)63-56(62)51-48-45-42-39-36-33-30-27-24-21-18-15-12-9-6-3;1-6(2,3)4-5-7;/h55,58,61H,4-52H2,1-3H3;7H,4-5H2,1-3H3;1H/q;+1;/p-1. The monoisotopic (exact) mass is 1030 g/mol. The van der Waals surface area contributed by atoms with E-state index in [1.165, 1.54) is 212 Å². The zero-order chi connectivity index (χ0) is 52.1. The number of aliphatic hydroxyl groups is 3. The highest BCUT2D eigenvalue weighted by Gasteiger charge is 2.53. The van der Waals surface area contributed by atoms with Crippen LogP contribution in [0.3, 0.4) is 0 Å². The van der Waals surface area contributed by atoms with Crippen molar-refractivity contribution in [1.29, 1.82) is 0 Å². The SMILES string of the molecule is CCCCCCCCCCCCCCCCCC(=O)OC(C(=O)CCCCCCCCCCCCCCCCC)(C(=O)CCCCCCCCCCCCCCCCC)C(O)CO.C[N+](C)(C)CCO.[Cl-]. The minimum atomic E-state index is -2.31. The number of carbonyl (C=O) groups excluding carboxylic acids is 3. The number of ketones is 2. The van der Waals surface area contributed by atoms with Crippen molar-refractivity contribution in [3.8, 4) is 0 Å². The van der Waals surface area contributed by atoms with Crippen molar-refractivity contribution < 1.29 is 51.3 Å². The van der Waals surface area contributed by atoms with Crippen LogP contribution in [0.2, 0.25) is 0 Å². The number of nitrogens with zero attached hydrogens (tertiary/aromatic N) is 1. The van der Waals surface area contributed by atoms with E-state index in [1.807, 2.05) is 0 Å². The molecule has 426 valence electrons. The maximum Gasteiger partial charge on any atom is 0.307 e. The fourth-order valence-electron chi connectivity index (χ4n) is 9.69. The number of likely N-dealkylation sites (N-methyl/N-ethyl adjacent to an activating group) is 1. The van der Waals surface area contributed by atoms with Gasteiger partial charge < -0.3 is 36.9 Å². The summed E-state index contributed by atoms with van der Waals surface area (Å²) in [6, 6.07) is 0. The molecule has 0 saturated carbocycles. The summed E-state index contributed by atoms with van der Waals surface area (Å²) in [6.07, 6.45) is 53.2. The molecule has 3 N–H and O–H groups in total. The summed E-state index contributed by atoms with van der Waals surface area (Å²) in [5, 5.41) is 29.7. The van der Waals surface area contributed by atoms with E-state index in [4.69, 9.17) is 9.84 Å². The van der Waals surface area contributed by atoms with Crippen LogP contribution in [0.1, 0.15) is 329 Å². The zero-order valence-electron chi connectivity index (χ0n) is 48.4.